The topological polar surface area (TPSA) is 70.6 Å². The monoisotopic (exact) mass is 320 g/mol. The third-order valence-electron chi connectivity index (χ3n) is 3.70. The van der Waals surface area contributed by atoms with Crippen LogP contribution in [0, 0.1) is 0 Å². The van der Waals surface area contributed by atoms with Gasteiger partial charge >= 0.3 is 0 Å². The first-order valence-electron chi connectivity index (χ1n) is 7.47. The number of aliphatic hydroxyl groups excluding tert-OH is 1. The van der Waals surface area contributed by atoms with Crippen LogP contribution in [0.25, 0.3) is 10.1 Å². The second-order valence-corrected chi connectivity index (χ2v) is 6.55. The van der Waals surface area contributed by atoms with Crippen LogP contribution < -0.4 is 10.6 Å². The molecule has 2 aromatic rings. The smallest absolute Gasteiger partial charge is 0.221 e. The van der Waals surface area contributed by atoms with Crippen LogP contribution in [0.1, 0.15) is 17.4 Å². The summed E-state index contributed by atoms with van der Waals surface area (Å²) in [6.07, 6.45) is -0.295. The van der Waals surface area contributed by atoms with Crippen LogP contribution in [-0.2, 0) is 9.53 Å². The van der Waals surface area contributed by atoms with Crippen molar-refractivity contribution in [3.8, 4) is 0 Å². The second kappa shape index (κ2) is 7.19. The van der Waals surface area contributed by atoms with Gasteiger partial charge in [-0.25, -0.2) is 0 Å². The molecule has 0 saturated carbocycles. The van der Waals surface area contributed by atoms with Crippen molar-refractivity contribution in [2.24, 2.45) is 0 Å². The van der Waals surface area contributed by atoms with Crippen LogP contribution in [0.2, 0.25) is 0 Å². The van der Waals surface area contributed by atoms with Crippen LogP contribution >= 0.6 is 11.3 Å². The summed E-state index contributed by atoms with van der Waals surface area (Å²) < 4.78 is 6.47. The number of aliphatic hydroxyl groups is 1. The van der Waals surface area contributed by atoms with E-state index in [9.17, 15) is 9.90 Å². The zero-order valence-corrected chi connectivity index (χ0v) is 13.1. The molecule has 118 valence electrons. The maximum Gasteiger partial charge on any atom is 0.221 e. The molecule has 1 aliphatic rings. The highest BCUT2D eigenvalue weighted by molar-refractivity contribution is 7.19. The molecule has 1 fully saturated rings. The first kappa shape index (κ1) is 15.4. The van der Waals surface area contributed by atoms with Crippen molar-refractivity contribution in [3.63, 3.8) is 0 Å². The SMILES string of the molecule is O=C(CC1COCCN1)NCC(O)c1cc2ccccc2s1. The standard InChI is InChI=1S/C16H20N2O3S/c19-13(15-7-11-3-1-2-4-14(11)22-15)9-18-16(20)8-12-10-21-6-5-17-12/h1-4,7,12-13,17,19H,5-6,8-10H2,(H,18,20). The van der Waals surface area contributed by atoms with E-state index in [1.54, 1.807) is 11.3 Å². The summed E-state index contributed by atoms with van der Waals surface area (Å²) in [4.78, 5) is 12.8. The fourth-order valence-corrected chi connectivity index (χ4v) is 3.58. The van der Waals surface area contributed by atoms with Gasteiger partial charge in [-0.3, -0.25) is 4.79 Å². The van der Waals surface area contributed by atoms with Crippen molar-refractivity contribution >= 4 is 27.3 Å². The van der Waals surface area contributed by atoms with E-state index in [1.807, 2.05) is 30.3 Å². The van der Waals surface area contributed by atoms with Gasteiger partial charge in [0.15, 0.2) is 0 Å². The molecule has 5 nitrogen and oxygen atoms in total. The quantitative estimate of drug-likeness (QED) is 0.779. The Kier molecular flexibility index (Phi) is 5.04. The lowest BCUT2D eigenvalue weighted by atomic mass is 10.2. The Hall–Kier alpha value is -1.47. The number of hydrogen-bond donors (Lipinski definition) is 3. The number of nitrogens with one attached hydrogen (secondary N) is 2. The second-order valence-electron chi connectivity index (χ2n) is 5.44. The van der Waals surface area contributed by atoms with Gasteiger partial charge in [-0.1, -0.05) is 18.2 Å². The number of thiophene rings is 1. The number of fused-ring (bicyclic) bond motifs is 1. The van der Waals surface area contributed by atoms with Gasteiger partial charge in [-0.15, -0.1) is 11.3 Å². The van der Waals surface area contributed by atoms with Gasteiger partial charge < -0.3 is 20.5 Å². The lowest BCUT2D eigenvalue weighted by Crippen LogP contribution is -2.44. The summed E-state index contributed by atoms with van der Waals surface area (Å²) >= 11 is 1.56. The van der Waals surface area contributed by atoms with E-state index in [2.05, 4.69) is 10.6 Å². The summed E-state index contributed by atoms with van der Waals surface area (Å²) in [7, 11) is 0. The predicted molar refractivity (Wildman–Crippen MR) is 87.0 cm³/mol. The van der Waals surface area contributed by atoms with Crippen molar-refractivity contribution in [3.05, 3.63) is 35.2 Å². The van der Waals surface area contributed by atoms with Gasteiger partial charge in [0.1, 0.15) is 6.10 Å². The van der Waals surface area contributed by atoms with E-state index >= 15 is 0 Å². The van der Waals surface area contributed by atoms with Crippen molar-refractivity contribution in [1.29, 1.82) is 0 Å². The Morgan fingerprint density at radius 3 is 3.14 bits per heavy atom. The number of hydrogen-bond acceptors (Lipinski definition) is 5. The number of morpholine rings is 1. The van der Waals surface area contributed by atoms with Crippen molar-refractivity contribution < 1.29 is 14.6 Å². The van der Waals surface area contributed by atoms with Crippen molar-refractivity contribution in [2.45, 2.75) is 18.6 Å². The number of ether oxygens (including phenoxy) is 1. The number of carbonyl (C=O) groups excluding carboxylic acids is 1. The molecule has 2 unspecified atom stereocenters. The zero-order valence-electron chi connectivity index (χ0n) is 12.2. The molecule has 2 heterocycles. The van der Waals surface area contributed by atoms with Crippen LogP contribution in [0.3, 0.4) is 0 Å². The Bertz CT molecular complexity index is 604. The highest BCUT2D eigenvalue weighted by Gasteiger charge is 2.18. The number of rotatable bonds is 5. The highest BCUT2D eigenvalue weighted by Crippen LogP contribution is 2.29. The summed E-state index contributed by atoms with van der Waals surface area (Å²) in [5, 5.41) is 17.4. The summed E-state index contributed by atoms with van der Waals surface area (Å²) in [5.41, 5.74) is 0. The molecule has 2 atom stereocenters. The maximum absolute atomic E-state index is 11.9. The number of benzene rings is 1. The van der Waals surface area contributed by atoms with E-state index in [0.717, 1.165) is 21.5 Å². The van der Waals surface area contributed by atoms with Crippen LogP contribution in [0.15, 0.2) is 30.3 Å². The van der Waals surface area contributed by atoms with Gasteiger partial charge in [0.2, 0.25) is 5.91 Å². The summed E-state index contributed by atoms with van der Waals surface area (Å²) in [6.45, 7) is 2.27. The highest BCUT2D eigenvalue weighted by atomic mass is 32.1. The molecule has 1 aromatic heterocycles. The van der Waals surface area contributed by atoms with Crippen molar-refractivity contribution in [2.75, 3.05) is 26.3 Å². The Balaban J connectivity index is 1.50. The summed E-state index contributed by atoms with van der Waals surface area (Å²) in [6, 6.07) is 10.1. The van der Waals surface area contributed by atoms with Crippen LogP contribution in [0.5, 0.6) is 0 Å². The average molecular weight is 320 g/mol. The lowest BCUT2D eigenvalue weighted by Gasteiger charge is -2.23. The fraction of sp³-hybridized carbons (Fsp3) is 0.438. The molecular weight excluding hydrogens is 300 g/mol. The molecule has 22 heavy (non-hydrogen) atoms. The first-order valence-corrected chi connectivity index (χ1v) is 8.28. The van der Waals surface area contributed by atoms with Gasteiger partial charge in [-0.05, 0) is 17.5 Å². The minimum atomic E-state index is -0.670. The third kappa shape index (κ3) is 3.84. The average Bonchev–Trinajstić information content (AvgIpc) is 2.98. The molecule has 0 spiro atoms. The largest absolute Gasteiger partial charge is 0.386 e. The maximum atomic E-state index is 11.9. The minimum Gasteiger partial charge on any atom is -0.386 e. The Labute approximate surface area is 133 Å². The fourth-order valence-electron chi connectivity index (χ4n) is 2.52. The molecule has 3 rings (SSSR count). The normalized spacial score (nSPS) is 20.0. The molecule has 6 heteroatoms. The first-order chi connectivity index (χ1) is 10.7. The van der Waals surface area contributed by atoms with E-state index in [1.165, 1.54) is 0 Å². The van der Waals surface area contributed by atoms with Crippen molar-refractivity contribution in [1.82, 2.24) is 10.6 Å². The molecule has 1 saturated heterocycles. The minimum absolute atomic E-state index is 0.0650. The number of amides is 1. The van der Waals surface area contributed by atoms with Gasteiger partial charge in [0.25, 0.3) is 0 Å². The van der Waals surface area contributed by atoms with E-state index in [4.69, 9.17) is 4.74 Å². The van der Waals surface area contributed by atoms with E-state index in [-0.39, 0.29) is 18.5 Å². The van der Waals surface area contributed by atoms with Crippen LogP contribution in [0.4, 0.5) is 0 Å². The molecule has 3 N–H and O–H groups in total. The van der Waals surface area contributed by atoms with Crippen LogP contribution in [-0.4, -0.2) is 43.4 Å². The van der Waals surface area contributed by atoms with E-state index in [0.29, 0.717) is 19.6 Å². The molecule has 1 amide bonds. The Morgan fingerprint density at radius 2 is 2.36 bits per heavy atom. The molecule has 1 aliphatic heterocycles. The molecule has 0 aliphatic carbocycles. The predicted octanol–water partition coefficient (Wildman–Crippen LogP) is 1.43. The zero-order chi connectivity index (χ0) is 15.4. The molecule has 1 aromatic carbocycles. The molecule has 0 radical (unpaired) electrons. The lowest BCUT2D eigenvalue weighted by molar-refractivity contribution is -0.122. The van der Waals surface area contributed by atoms with E-state index < -0.39 is 6.10 Å². The van der Waals surface area contributed by atoms with Gasteiger partial charge in [0.05, 0.1) is 13.2 Å². The van der Waals surface area contributed by atoms with Gasteiger partial charge in [-0.2, -0.15) is 0 Å². The molecular formula is C16H20N2O3S. The molecule has 0 bridgehead atoms. The summed E-state index contributed by atoms with van der Waals surface area (Å²) in [5.74, 6) is -0.0665. The van der Waals surface area contributed by atoms with Gasteiger partial charge in [0, 0.05) is 35.1 Å². The number of carbonyl (C=O) groups is 1. The Morgan fingerprint density at radius 1 is 1.50 bits per heavy atom. The third-order valence-corrected chi connectivity index (χ3v) is 4.91.